The van der Waals surface area contributed by atoms with Crippen molar-refractivity contribution in [2.24, 2.45) is 5.92 Å². The first-order chi connectivity index (χ1) is 8.49. The molecule has 0 saturated carbocycles. The molecule has 2 aliphatic heterocycles. The molecule has 5 heteroatoms. The van der Waals surface area contributed by atoms with Gasteiger partial charge in [0.05, 0.1) is 5.92 Å². The normalized spacial score (nSPS) is 22.7. The van der Waals surface area contributed by atoms with Crippen molar-refractivity contribution < 1.29 is 9.59 Å². The molecule has 2 rings (SSSR count). The SMILES string of the molecule is CC(=O)N1CC(C(=O)N(C)C2CCN(C)CC2)C1. The first-order valence-electron chi connectivity index (χ1n) is 6.69. The molecule has 2 amide bonds. The van der Waals surface area contributed by atoms with Gasteiger partial charge in [-0.1, -0.05) is 0 Å². The molecule has 0 aromatic heterocycles. The highest BCUT2D eigenvalue weighted by atomic mass is 16.2. The summed E-state index contributed by atoms with van der Waals surface area (Å²) in [6.07, 6.45) is 2.11. The molecule has 0 spiro atoms. The maximum absolute atomic E-state index is 12.2. The van der Waals surface area contributed by atoms with Gasteiger partial charge in [0.15, 0.2) is 0 Å². The van der Waals surface area contributed by atoms with Crippen molar-refractivity contribution in [2.45, 2.75) is 25.8 Å². The zero-order chi connectivity index (χ0) is 13.3. The Balaban J connectivity index is 1.81. The molecule has 102 valence electrons. The Kier molecular flexibility index (Phi) is 3.90. The Bertz CT molecular complexity index is 331. The topological polar surface area (TPSA) is 43.9 Å². The van der Waals surface area contributed by atoms with Crippen molar-refractivity contribution in [3.05, 3.63) is 0 Å². The van der Waals surface area contributed by atoms with E-state index in [2.05, 4.69) is 11.9 Å². The maximum atomic E-state index is 12.2. The smallest absolute Gasteiger partial charge is 0.229 e. The van der Waals surface area contributed by atoms with Crippen LogP contribution in [0.5, 0.6) is 0 Å². The number of hydrogen-bond donors (Lipinski definition) is 0. The molecule has 2 heterocycles. The highest BCUT2D eigenvalue weighted by Crippen LogP contribution is 2.21. The molecule has 5 nitrogen and oxygen atoms in total. The van der Waals surface area contributed by atoms with Crippen molar-refractivity contribution in [1.29, 1.82) is 0 Å². The fourth-order valence-electron chi connectivity index (χ4n) is 2.74. The standard InChI is InChI=1S/C13H23N3O2/c1-10(17)16-8-11(9-16)13(18)15(3)12-4-6-14(2)7-5-12/h11-12H,4-9H2,1-3H3. The first-order valence-corrected chi connectivity index (χ1v) is 6.69. The molecule has 0 unspecified atom stereocenters. The lowest BCUT2D eigenvalue weighted by Crippen LogP contribution is -2.57. The number of piperidine rings is 1. The van der Waals surface area contributed by atoms with E-state index in [1.165, 1.54) is 0 Å². The number of rotatable bonds is 2. The summed E-state index contributed by atoms with van der Waals surface area (Å²) in [6, 6.07) is 0.375. The molecular weight excluding hydrogens is 230 g/mol. The van der Waals surface area contributed by atoms with E-state index in [1.807, 2.05) is 11.9 Å². The Morgan fingerprint density at radius 1 is 1.17 bits per heavy atom. The van der Waals surface area contributed by atoms with Crippen LogP contribution in [0.4, 0.5) is 0 Å². The van der Waals surface area contributed by atoms with Crippen LogP contribution in [-0.4, -0.2) is 72.8 Å². The van der Waals surface area contributed by atoms with Crippen LogP contribution in [0, 0.1) is 5.92 Å². The zero-order valence-corrected chi connectivity index (χ0v) is 11.6. The molecule has 2 saturated heterocycles. The lowest BCUT2D eigenvalue weighted by Gasteiger charge is -2.42. The number of hydrogen-bond acceptors (Lipinski definition) is 3. The van der Waals surface area contributed by atoms with E-state index in [1.54, 1.807) is 11.8 Å². The van der Waals surface area contributed by atoms with E-state index in [9.17, 15) is 9.59 Å². The second-order valence-electron chi connectivity index (χ2n) is 5.60. The second-order valence-corrected chi connectivity index (χ2v) is 5.60. The van der Waals surface area contributed by atoms with E-state index in [0.29, 0.717) is 19.1 Å². The minimum Gasteiger partial charge on any atom is -0.342 e. The van der Waals surface area contributed by atoms with Gasteiger partial charge in [0, 0.05) is 33.1 Å². The minimum atomic E-state index is 0.0264. The molecule has 0 aliphatic carbocycles. The molecule has 0 N–H and O–H groups in total. The monoisotopic (exact) mass is 253 g/mol. The highest BCUT2D eigenvalue weighted by Gasteiger charge is 2.37. The Labute approximate surface area is 109 Å². The van der Waals surface area contributed by atoms with Gasteiger partial charge in [0.25, 0.3) is 0 Å². The third-order valence-corrected chi connectivity index (χ3v) is 4.26. The van der Waals surface area contributed by atoms with E-state index in [4.69, 9.17) is 0 Å². The van der Waals surface area contributed by atoms with E-state index in [-0.39, 0.29) is 17.7 Å². The number of carbonyl (C=O) groups excluding carboxylic acids is 2. The van der Waals surface area contributed by atoms with Crippen LogP contribution in [-0.2, 0) is 9.59 Å². The first kappa shape index (κ1) is 13.3. The zero-order valence-electron chi connectivity index (χ0n) is 11.6. The van der Waals surface area contributed by atoms with Gasteiger partial charge >= 0.3 is 0 Å². The molecule has 0 aromatic rings. The van der Waals surface area contributed by atoms with Crippen LogP contribution in [0.2, 0.25) is 0 Å². The van der Waals surface area contributed by atoms with Gasteiger partial charge in [0.1, 0.15) is 0 Å². The molecule has 0 radical (unpaired) electrons. The van der Waals surface area contributed by atoms with Crippen LogP contribution >= 0.6 is 0 Å². The summed E-state index contributed by atoms with van der Waals surface area (Å²) in [5, 5.41) is 0. The summed E-state index contributed by atoms with van der Waals surface area (Å²) in [5.74, 6) is 0.307. The van der Waals surface area contributed by atoms with Gasteiger partial charge in [0.2, 0.25) is 11.8 Å². The van der Waals surface area contributed by atoms with Crippen LogP contribution < -0.4 is 0 Å². The van der Waals surface area contributed by atoms with E-state index in [0.717, 1.165) is 25.9 Å². The number of carbonyl (C=O) groups is 2. The number of amides is 2. The van der Waals surface area contributed by atoms with Gasteiger partial charge in [-0.3, -0.25) is 9.59 Å². The summed E-state index contributed by atoms with van der Waals surface area (Å²) in [4.78, 5) is 29.3. The van der Waals surface area contributed by atoms with Gasteiger partial charge in [-0.2, -0.15) is 0 Å². The predicted octanol–water partition coefficient (Wildman–Crippen LogP) is 0.0173. The fourth-order valence-corrected chi connectivity index (χ4v) is 2.74. The van der Waals surface area contributed by atoms with Gasteiger partial charge < -0.3 is 14.7 Å². The molecule has 18 heavy (non-hydrogen) atoms. The lowest BCUT2D eigenvalue weighted by molar-refractivity contribution is -0.148. The van der Waals surface area contributed by atoms with Crippen LogP contribution in [0.1, 0.15) is 19.8 Å². The predicted molar refractivity (Wildman–Crippen MR) is 69.0 cm³/mol. The Hall–Kier alpha value is -1.10. The van der Waals surface area contributed by atoms with Crippen molar-refractivity contribution in [1.82, 2.24) is 14.7 Å². The van der Waals surface area contributed by atoms with E-state index >= 15 is 0 Å². The van der Waals surface area contributed by atoms with E-state index < -0.39 is 0 Å². The molecule has 0 atom stereocenters. The number of likely N-dealkylation sites (tertiary alicyclic amines) is 2. The largest absolute Gasteiger partial charge is 0.342 e. The lowest BCUT2D eigenvalue weighted by atomic mass is 9.96. The Morgan fingerprint density at radius 2 is 1.72 bits per heavy atom. The van der Waals surface area contributed by atoms with Crippen molar-refractivity contribution >= 4 is 11.8 Å². The molecule has 0 bridgehead atoms. The van der Waals surface area contributed by atoms with Crippen LogP contribution in [0.25, 0.3) is 0 Å². The van der Waals surface area contributed by atoms with Gasteiger partial charge in [-0.15, -0.1) is 0 Å². The maximum Gasteiger partial charge on any atom is 0.229 e. The van der Waals surface area contributed by atoms with Crippen LogP contribution in [0.3, 0.4) is 0 Å². The van der Waals surface area contributed by atoms with Crippen LogP contribution in [0.15, 0.2) is 0 Å². The summed E-state index contributed by atoms with van der Waals surface area (Å²) < 4.78 is 0. The quantitative estimate of drug-likeness (QED) is 0.697. The third kappa shape index (κ3) is 2.66. The Morgan fingerprint density at radius 3 is 2.22 bits per heavy atom. The average molecular weight is 253 g/mol. The molecule has 0 aromatic carbocycles. The van der Waals surface area contributed by atoms with Crippen molar-refractivity contribution in [3.8, 4) is 0 Å². The van der Waals surface area contributed by atoms with Gasteiger partial charge in [-0.25, -0.2) is 0 Å². The second kappa shape index (κ2) is 5.26. The van der Waals surface area contributed by atoms with Gasteiger partial charge in [-0.05, 0) is 33.0 Å². The summed E-state index contributed by atoms with van der Waals surface area (Å²) >= 11 is 0. The fraction of sp³-hybridized carbons (Fsp3) is 0.846. The highest BCUT2D eigenvalue weighted by molar-refractivity contribution is 5.83. The summed E-state index contributed by atoms with van der Waals surface area (Å²) in [7, 11) is 4.03. The molecule has 2 aliphatic rings. The summed E-state index contributed by atoms with van der Waals surface area (Å²) in [5.41, 5.74) is 0. The average Bonchev–Trinajstić information content (AvgIpc) is 2.26. The molecule has 2 fully saturated rings. The molecular formula is C13H23N3O2. The summed E-state index contributed by atoms with van der Waals surface area (Å²) in [6.45, 7) is 4.89. The number of nitrogens with zero attached hydrogens (tertiary/aromatic N) is 3. The van der Waals surface area contributed by atoms with Crippen molar-refractivity contribution in [3.63, 3.8) is 0 Å². The minimum absolute atomic E-state index is 0.0264. The van der Waals surface area contributed by atoms with Crippen molar-refractivity contribution in [2.75, 3.05) is 40.3 Å². The third-order valence-electron chi connectivity index (χ3n) is 4.26.